The maximum atomic E-state index is 12.2. The van der Waals surface area contributed by atoms with E-state index in [-0.39, 0.29) is 5.91 Å². The minimum Gasteiger partial charge on any atom is -0.387 e. The number of anilines is 2. The molecule has 0 aliphatic carbocycles. The lowest BCUT2D eigenvalue weighted by Gasteiger charge is -2.07. The number of carbonyl (C=O) groups excluding carboxylic acids is 1. The van der Waals surface area contributed by atoms with Gasteiger partial charge >= 0.3 is 0 Å². The molecule has 2 aromatic rings. The van der Waals surface area contributed by atoms with Crippen molar-refractivity contribution < 1.29 is 9.53 Å². The van der Waals surface area contributed by atoms with Crippen LogP contribution < -0.4 is 10.6 Å². The highest BCUT2D eigenvalue weighted by Gasteiger charge is 2.11. The molecular weight excluding hydrogens is 258 g/mol. The van der Waals surface area contributed by atoms with Gasteiger partial charge < -0.3 is 15.4 Å². The maximum Gasteiger partial charge on any atom is 0.259 e. The van der Waals surface area contributed by atoms with Crippen molar-refractivity contribution in [2.75, 3.05) is 31.4 Å². The summed E-state index contributed by atoms with van der Waals surface area (Å²) >= 11 is 0. The third-order valence-corrected chi connectivity index (χ3v) is 2.75. The molecule has 1 amide bonds. The van der Waals surface area contributed by atoms with Crippen molar-refractivity contribution in [2.24, 2.45) is 0 Å². The Labute approximate surface area is 117 Å². The summed E-state index contributed by atoms with van der Waals surface area (Å²) in [5.41, 5.74) is 1.85. The predicted molar refractivity (Wildman–Crippen MR) is 75.8 cm³/mol. The third-order valence-electron chi connectivity index (χ3n) is 2.75. The molecule has 0 aliphatic heterocycles. The van der Waals surface area contributed by atoms with Gasteiger partial charge in [-0.2, -0.15) is 5.10 Å². The number of amides is 1. The van der Waals surface area contributed by atoms with Gasteiger partial charge in [0.05, 0.1) is 30.6 Å². The summed E-state index contributed by atoms with van der Waals surface area (Å²) in [6, 6.07) is 1.75. The molecule has 0 saturated carbocycles. The van der Waals surface area contributed by atoms with Crippen LogP contribution in [0.3, 0.4) is 0 Å². The molecule has 2 heterocycles. The van der Waals surface area contributed by atoms with Crippen LogP contribution in [0.2, 0.25) is 0 Å². The van der Waals surface area contributed by atoms with Gasteiger partial charge in [0.25, 0.3) is 5.91 Å². The fourth-order valence-electron chi connectivity index (χ4n) is 1.73. The Morgan fingerprint density at radius 3 is 3.05 bits per heavy atom. The molecule has 0 unspecified atom stereocenters. The average Bonchev–Trinajstić information content (AvgIpc) is 2.92. The van der Waals surface area contributed by atoms with E-state index in [4.69, 9.17) is 4.74 Å². The monoisotopic (exact) mass is 275 g/mol. The Hall–Kier alpha value is -2.41. The molecule has 0 fully saturated rings. The van der Waals surface area contributed by atoms with Gasteiger partial charge in [-0.15, -0.1) is 0 Å². The molecule has 106 valence electrons. The van der Waals surface area contributed by atoms with E-state index in [0.29, 0.717) is 24.4 Å². The van der Waals surface area contributed by atoms with E-state index in [9.17, 15) is 4.79 Å². The van der Waals surface area contributed by atoms with Crippen LogP contribution in [0.5, 0.6) is 0 Å². The number of aromatic nitrogens is 3. The molecule has 0 aliphatic rings. The minimum absolute atomic E-state index is 0.228. The van der Waals surface area contributed by atoms with Crippen molar-refractivity contribution in [1.82, 2.24) is 14.8 Å². The molecule has 2 N–H and O–H groups in total. The summed E-state index contributed by atoms with van der Waals surface area (Å²) in [5, 5.41) is 9.88. The second kappa shape index (κ2) is 6.67. The first-order valence-electron chi connectivity index (χ1n) is 6.19. The lowest BCUT2D eigenvalue weighted by molar-refractivity contribution is 0.102. The van der Waals surface area contributed by atoms with E-state index in [1.165, 1.54) is 6.20 Å². The average molecular weight is 275 g/mol. The number of rotatable bonds is 6. The van der Waals surface area contributed by atoms with Gasteiger partial charge in [0.15, 0.2) is 0 Å². The van der Waals surface area contributed by atoms with Crippen molar-refractivity contribution in [3.05, 3.63) is 36.4 Å². The number of carbonyl (C=O) groups is 1. The van der Waals surface area contributed by atoms with Gasteiger partial charge in [0.2, 0.25) is 0 Å². The second-order valence-electron chi connectivity index (χ2n) is 4.11. The molecule has 0 aromatic carbocycles. The maximum absolute atomic E-state index is 12.2. The molecule has 20 heavy (non-hydrogen) atoms. The molecule has 0 radical (unpaired) electrons. The van der Waals surface area contributed by atoms with Gasteiger partial charge in [-0.1, -0.05) is 0 Å². The lowest BCUT2D eigenvalue weighted by Crippen LogP contribution is -2.14. The first-order chi connectivity index (χ1) is 9.74. The highest BCUT2D eigenvalue weighted by atomic mass is 16.5. The first kappa shape index (κ1) is 14.0. The summed E-state index contributed by atoms with van der Waals surface area (Å²) in [6.45, 7) is 1.21. The minimum atomic E-state index is -0.228. The lowest BCUT2D eigenvalue weighted by atomic mass is 10.2. The topological polar surface area (TPSA) is 81.1 Å². The molecule has 0 spiro atoms. The number of hydrogen-bond donors (Lipinski definition) is 2. The van der Waals surface area contributed by atoms with Crippen LogP contribution in [0, 0.1) is 0 Å². The summed E-state index contributed by atoms with van der Waals surface area (Å²) in [5.74, 6) is -0.228. The number of hydrogen-bond acceptors (Lipinski definition) is 5. The standard InChI is InChI=1S/C13H17N5O2/c1-14-12-3-4-15-8-11(12)13(19)17-10-7-16-18(9-10)5-6-20-2/h3-4,7-9H,5-6H2,1-2H3,(H,14,15)(H,17,19). The van der Waals surface area contributed by atoms with Crippen molar-refractivity contribution in [3.8, 4) is 0 Å². The van der Waals surface area contributed by atoms with Crippen molar-refractivity contribution in [3.63, 3.8) is 0 Å². The summed E-state index contributed by atoms with van der Waals surface area (Å²) in [6.07, 6.45) is 6.51. The van der Waals surface area contributed by atoms with Gasteiger partial charge in [0.1, 0.15) is 0 Å². The molecule has 0 bridgehead atoms. The van der Waals surface area contributed by atoms with Crippen LogP contribution in [0.4, 0.5) is 11.4 Å². The Kier molecular flexibility index (Phi) is 4.67. The molecule has 0 atom stereocenters. The number of ether oxygens (including phenoxy) is 1. The number of nitrogens with one attached hydrogen (secondary N) is 2. The van der Waals surface area contributed by atoms with Crippen LogP contribution in [-0.2, 0) is 11.3 Å². The van der Waals surface area contributed by atoms with Crippen LogP contribution >= 0.6 is 0 Å². The van der Waals surface area contributed by atoms with E-state index in [2.05, 4.69) is 20.7 Å². The van der Waals surface area contributed by atoms with Crippen LogP contribution in [-0.4, -0.2) is 41.4 Å². The Bertz CT molecular complexity index is 582. The summed E-state index contributed by atoms with van der Waals surface area (Å²) in [4.78, 5) is 16.1. The predicted octanol–water partition coefficient (Wildman–Crippen LogP) is 1.22. The smallest absolute Gasteiger partial charge is 0.259 e. The Balaban J connectivity index is 2.05. The molecule has 2 rings (SSSR count). The summed E-state index contributed by atoms with van der Waals surface area (Å²) < 4.78 is 6.68. The zero-order valence-corrected chi connectivity index (χ0v) is 11.5. The van der Waals surface area contributed by atoms with E-state index in [1.807, 2.05) is 0 Å². The van der Waals surface area contributed by atoms with Crippen molar-refractivity contribution >= 4 is 17.3 Å². The molecular formula is C13H17N5O2. The number of pyridine rings is 1. The fourth-order valence-corrected chi connectivity index (χ4v) is 1.73. The van der Waals surface area contributed by atoms with E-state index < -0.39 is 0 Å². The Morgan fingerprint density at radius 1 is 1.45 bits per heavy atom. The van der Waals surface area contributed by atoms with Gasteiger partial charge in [-0.3, -0.25) is 14.5 Å². The van der Waals surface area contributed by atoms with Crippen LogP contribution in [0.1, 0.15) is 10.4 Å². The molecule has 7 heteroatoms. The van der Waals surface area contributed by atoms with E-state index >= 15 is 0 Å². The molecule has 2 aromatic heterocycles. The van der Waals surface area contributed by atoms with Gasteiger partial charge in [-0.25, -0.2) is 0 Å². The SMILES string of the molecule is CNc1ccncc1C(=O)Nc1cnn(CCOC)c1. The van der Waals surface area contributed by atoms with E-state index in [1.54, 1.807) is 43.5 Å². The van der Waals surface area contributed by atoms with Crippen molar-refractivity contribution in [1.29, 1.82) is 0 Å². The molecule has 7 nitrogen and oxygen atoms in total. The number of methoxy groups -OCH3 is 1. The highest BCUT2D eigenvalue weighted by molar-refractivity contribution is 6.07. The molecule has 0 saturated heterocycles. The second-order valence-corrected chi connectivity index (χ2v) is 4.11. The van der Waals surface area contributed by atoms with Gasteiger partial charge in [0, 0.05) is 38.4 Å². The summed E-state index contributed by atoms with van der Waals surface area (Å²) in [7, 11) is 3.39. The Morgan fingerprint density at radius 2 is 2.30 bits per heavy atom. The van der Waals surface area contributed by atoms with Crippen LogP contribution in [0.15, 0.2) is 30.9 Å². The zero-order chi connectivity index (χ0) is 14.4. The first-order valence-corrected chi connectivity index (χ1v) is 6.19. The van der Waals surface area contributed by atoms with Crippen molar-refractivity contribution in [2.45, 2.75) is 6.54 Å². The number of nitrogens with zero attached hydrogens (tertiary/aromatic N) is 3. The highest BCUT2D eigenvalue weighted by Crippen LogP contribution is 2.15. The van der Waals surface area contributed by atoms with Gasteiger partial charge in [-0.05, 0) is 6.07 Å². The quantitative estimate of drug-likeness (QED) is 0.828. The van der Waals surface area contributed by atoms with E-state index in [0.717, 1.165) is 5.69 Å². The normalized spacial score (nSPS) is 10.3. The fraction of sp³-hybridized carbons (Fsp3) is 0.308. The third kappa shape index (κ3) is 3.33. The van der Waals surface area contributed by atoms with Crippen LogP contribution in [0.25, 0.3) is 0 Å². The zero-order valence-electron chi connectivity index (χ0n) is 11.5. The largest absolute Gasteiger partial charge is 0.387 e.